The van der Waals surface area contributed by atoms with E-state index in [1.54, 1.807) is 17.7 Å². The Labute approximate surface area is 102 Å². The second-order valence-corrected chi connectivity index (χ2v) is 4.25. The molecule has 2 N–H and O–H groups in total. The lowest BCUT2D eigenvalue weighted by atomic mass is 10.1. The predicted molar refractivity (Wildman–Crippen MR) is 63.0 cm³/mol. The Balaban J connectivity index is 2.34. The molecule has 0 saturated carbocycles. The van der Waals surface area contributed by atoms with Crippen molar-refractivity contribution in [2.75, 3.05) is 6.54 Å². The average molecular weight is 257 g/mol. The van der Waals surface area contributed by atoms with Gasteiger partial charge >= 0.3 is 6.18 Å². The first-order valence-corrected chi connectivity index (χ1v) is 5.60. The van der Waals surface area contributed by atoms with Gasteiger partial charge in [0.25, 0.3) is 0 Å². The molecule has 0 fully saturated rings. The van der Waals surface area contributed by atoms with Crippen molar-refractivity contribution in [3.05, 3.63) is 30.1 Å². The van der Waals surface area contributed by atoms with Crippen molar-refractivity contribution in [1.29, 1.82) is 0 Å². The van der Waals surface area contributed by atoms with Gasteiger partial charge in [-0.3, -0.25) is 0 Å². The summed E-state index contributed by atoms with van der Waals surface area (Å²) in [5.41, 5.74) is 6.72. The van der Waals surface area contributed by atoms with Gasteiger partial charge in [0.1, 0.15) is 5.82 Å². The first-order valence-electron chi connectivity index (χ1n) is 5.60. The summed E-state index contributed by atoms with van der Waals surface area (Å²) in [7, 11) is 1.72. The van der Waals surface area contributed by atoms with Gasteiger partial charge in [-0.25, -0.2) is 4.98 Å². The van der Waals surface area contributed by atoms with Crippen molar-refractivity contribution < 1.29 is 13.2 Å². The lowest BCUT2D eigenvalue weighted by molar-refractivity contribution is -0.171. The molecule has 0 saturated heterocycles. The summed E-state index contributed by atoms with van der Waals surface area (Å²) >= 11 is 0. The number of imidazole rings is 1. The summed E-state index contributed by atoms with van der Waals surface area (Å²) in [6.45, 7) is -0.424. The molecule has 3 nitrogen and oxygen atoms in total. The molecule has 0 bridgehead atoms. The predicted octanol–water partition coefficient (Wildman–Crippen LogP) is 2.25. The first kappa shape index (κ1) is 12.9. The summed E-state index contributed by atoms with van der Waals surface area (Å²) in [5, 5.41) is 0. The third-order valence-corrected chi connectivity index (χ3v) is 3.06. The molecule has 0 radical (unpaired) electrons. The number of benzene rings is 1. The zero-order chi connectivity index (χ0) is 13.3. The minimum absolute atomic E-state index is 0.189. The molecule has 0 spiro atoms. The van der Waals surface area contributed by atoms with Crippen molar-refractivity contribution >= 4 is 11.0 Å². The molecule has 6 heteroatoms. The van der Waals surface area contributed by atoms with E-state index in [-0.39, 0.29) is 6.42 Å². The maximum absolute atomic E-state index is 12.7. The van der Waals surface area contributed by atoms with E-state index in [1.165, 1.54) is 0 Å². The second kappa shape index (κ2) is 4.61. The number of halogens is 3. The highest BCUT2D eigenvalue weighted by Gasteiger charge is 2.39. The van der Waals surface area contributed by atoms with Crippen LogP contribution in [0.25, 0.3) is 11.0 Å². The molecule has 0 aliphatic heterocycles. The van der Waals surface area contributed by atoms with Gasteiger partial charge in [0.15, 0.2) is 0 Å². The van der Waals surface area contributed by atoms with Gasteiger partial charge in [-0.2, -0.15) is 13.2 Å². The molecule has 18 heavy (non-hydrogen) atoms. The van der Waals surface area contributed by atoms with Crippen LogP contribution in [0.15, 0.2) is 24.3 Å². The number of aromatic nitrogens is 2. The van der Waals surface area contributed by atoms with Crippen LogP contribution in [0.1, 0.15) is 5.82 Å². The lowest BCUT2D eigenvalue weighted by Crippen LogP contribution is -2.32. The van der Waals surface area contributed by atoms with Crippen LogP contribution in [-0.2, 0) is 13.5 Å². The van der Waals surface area contributed by atoms with E-state index in [4.69, 9.17) is 5.73 Å². The van der Waals surface area contributed by atoms with Crippen LogP contribution in [-0.4, -0.2) is 22.3 Å². The third kappa shape index (κ3) is 2.33. The van der Waals surface area contributed by atoms with Crippen LogP contribution in [0, 0.1) is 5.92 Å². The number of nitrogens with two attached hydrogens (primary N) is 1. The van der Waals surface area contributed by atoms with Gasteiger partial charge in [-0.15, -0.1) is 0 Å². The van der Waals surface area contributed by atoms with Crippen LogP contribution in [0.2, 0.25) is 0 Å². The lowest BCUT2D eigenvalue weighted by Gasteiger charge is -2.17. The third-order valence-electron chi connectivity index (χ3n) is 3.06. The summed E-state index contributed by atoms with van der Waals surface area (Å²) in [5.74, 6) is -1.14. The summed E-state index contributed by atoms with van der Waals surface area (Å²) in [6.07, 6.45) is -4.47. The molecular formula is C12H14F3N3. The van der Waals surface area contributed by atoms with Crippen LogP contribution in [0.4, 0.5) is 13.2 Å². The van der Waals surface area contributed by atoms with Crippen molar-refractivity contribution in [3.8, 4) is 0 Å². The summed E-state index contributed by atoms with van der Waals surface area (Å²) < 4.78 is 39.7. The van der Waals surface area contributed by atoms with Crippen molar-refractivity contribution in [2.45, 2.75) is 12.6 Å². The number of alkyl halides is 3. The van der Waals surface area contributed by atoms with Crippen LogP contribution < -0.4 is 5.73 Å². The number of hydrogen-bond donors (Lipinski definition) is 1. The summed E-state index contributed by atoms with van der Waals surface area (Å²) in [6, 6.07) is 7.25. The Kier molecular flexibility index (Phi) is 3.30. The van der Waals surface area contributed by atoms with E-state index in [2.05, 4.69) is 4.98 Å². The first-order chi connectivity index (χ1) is 8.43. The normalized spacial score (nSPS) is 14.1. The zero-order valence-corrected chi connectivity index (χ0v) is 9.91. The SMILES string of the molecule is Cn1c(C[C@@H](CN)C(F)(F)F)nc2ccccc21. The Bertz CT molecular complexity index is 545. The van der Waals surface area contributed by atoms with Gasteiger partial charge < -0.3 is 10.3 Å². The Morgan fingerprint density at radius 1 is 1.33 bits per heavy atom. The number of aryl methyl sites for hydroxylation is 1. The number of hydrogen-bond acceptors (Lipinski definition) is 2. The molecule has 0 aliphatic carbocycles. The molecule has 0 unspecified atom stereocenters. The molecule has 1 aromatic carbocycles. The maximum Gasteiger partial charge on any atom is 0.393 e. The number of rotatable bonds is 3. The molecule has 2 aromatic rings. The fourth-order valence-corrected chi connectivity index (χ4v) is 1.93. The van der Waals surface area contributed by atoms with E-state index in [0.717, 1.165) is 5.52 Å². The maximum atomic E-state index is 12.7. The Morgan fingerprint density at radius 2 is 2.00 bits per heavy atom. The topological polar surface area (TPSA) is 43.8 Å². The van der Waals surface area contributed by atoms with Gasteiger partial charge in [-0.05, 0) is 12.1 Å². The van der Waals surface area contributed by atoms with Crippen LogP contribution in [0.5, 0.6) is 0 Å². The van der Waals surface area contributed by atoms with E-state index in [9.17, 15) is 13.2 Å². The monoisotopic (exact) mass is 257 g/mol. The molecule has 98 valence electrons. The fraction of sp³-hybridized carbons (Fsp3) is 0.417. The second-order valence-electron chi connectivity index (χ2n) is 4.25. The van der Waals surface area contributed by atoms with Crippen molar-refractivity contribution in [1.82, 2.24) is 9.55 Å². The quantitative estimate of drug-likeness (QED) is 0.916. The summed E-state index contributed by atoms with van der Waals surface area (Å²) in [4.78, 5) is 4.22. The smallest absolute Gasteiger partial charge is 0.331 e. The highest BCUT2D eigenvalue weighted by Crippen LogP contribution is 2.28. The minimum Gasteiger partial charge on any atom is -0.331 e. The molecule has 2 rings (SSSR count). The standard InChI is InChI=1S/C12H14F3N3/c1-18-10-5-3-2-4-9(10)17-11(18)6-8(7-16)12(13,14)15/h2-5,8H,6-7,16H2,1H3/t8-/m0/s1. The van der Waals surface area contributed by atoms with E-state index < -0.39 is 18.6 Å². The van der Waals surface area contributed by atoms with E-state index in [0.29, 0.717) is 11.3 Å². The van der Waals surface area contributed by atoms with Gasteiger partial charge in [0, 0.05) is 20.0 Å². The molecule has 1 heterocycles. The number of para-hydroxylation sites is 2. The van der Waals surface area contributed by atoms with Crippen molar-refractivity contribution in [2.24, 2.45) is 18.7 Å². The molecule has 1 atom stereocenters. The zero-order valence-electron chi connectivity index (χ0n) is 9.91. The van der Waals surface area contributed by atoms with Crippen LogP contribution in [0.3, 0.4) is 0 Å². The molecular weight excluding hydrogens is 243 g/mol. The molecule has 0 aliphatic rings. The Hall–Kier alpha value is -1.56. The largest absolute Gasteiger partial charge is 0.393 e. The highest BCUT2D eigenvalue weighted by molar-refractivity contribution is 5.75. The molecule has 1 aromatic heterocycles. The van der Waals surface area contributed by atoms with Gasteiger partial charge in [0.2, 0.25) is 0 Å². The van der Waals surface area contributed by atoms with E-state index in [1.807, 2.05) is 18.2 Å². The number of fused-ring (bicyclic) bond motifs is 1. The van der Waals surface area contributed by atoms with Crippen molar-refractivity contribution in [3.63, 3.8) is 0 Å². The minimum atomic E-state index is -4.28. The molecule has 0 amide bonds. The highest BCUT2D eigenvalue weighted by atomic mass is 19.4. The van der Waals surface area contributed by atoms with E-state index >= 15 is 0 Å². The average Bonchev–Trinajstić information content (AvgIpc) is 2.62. The van der Waals surface area contributed by atoms with Gasteiger partial charge in [0.05, 0.1) is 17.0 Å². The van der Waals surface area contributed by atoms with Crippen LogP contribution >= 0.6 is 0 Å². The fourth-order valence-electron chi connectivity index (χ4n) is 1.93. The Morgan fingerprint density at radius 3 is 2.56 bits per heavy atom. The van der Waals surface area contributed by atoms with Gasteiger partial charge in [-0.1, -0.05) is 12.1 Å². The number of nitrogens with zero attached hydrogens (tertiary/aromatic N) is 2.